The summed E-state index contributed by atoms with van der Waals surface area (Å²) in [7, 11) is 0. The van der Waals surface area contributed by atoms with Crippen LogP contribution in [0.2, 0.25) is 0 Å². The molecule has 41 heavy (non-hydrogen) atoms. The van der Waals surface area contributed by atoms with Crippen molar-refractivity contribution in [1.29, 1.82) is 0 Å². The van der Waals surface area contributed by atoms with Crippen molar-refractivity contribution >= 4 is 23.4 Å². The van der Waals surface area contributed by atoms with Crippen molar-refractivity contribution < 1.29 is 33.8 Å². The zero-order valence-corrected chi connectivity index (χ0v) is 22.7. The summed E-state index contributed by atoms with van der Waals surface area (Å²) in [6, 6.07) is 14.9. The van der Waals surface area contributed by atoms with Crippen molar-refractivity contribution in [3.05, 3.63) is 88.0 Å². The molecule has 0 unspecified atom stereocenters. The molecule has 2 aliphatic rings. The minimum absolute atomic E-state index is 0.0551. The molecule has 10 heteroatoms. The second-order valence-corrected chi connectivity index (χ2v) is 9.89. The first kappa shape index (κ1) is 27.9. The number of ketones is 2. The van der Waals surface area contributed by atoms with E-state index in [2.05, 4.69) is 10.6 Å². The van der Waals surface area contributed by atoms with Gasteiger partial charge in [0.05, 0.1) is 11.1 Å². The number of nitrogens with zero attached hydrogens (tertiary/aromatic N) is 1. The van der Waals surface area contributed by atoms with Crippen molar-refractivity contribution in [3.8, 4) is 17.2 Å². The molecule has 1 aliphatic carbocycles. The lowest BCUT2D eigenvalue weighted by Crippen LogP contribution is -2.41. The molecule has 212 valence electrons. The van der Waals surface area contributed by atoms with Crippen molar-refractivity contribution in [2.45, 2.75) is 19.9 Å². The number of phenols is 1. The van der Waals surface area contributed by atoms with Gasteiger partial charge in [0.25, 0.3) is 11.8 Å². The fourth-order valence-corrected chi connectivity index (χ4v) is 4.99. The van der Waals surface area contributed by atoms with Gasteiger partial charge in [-0.15, -0.1) is 0 Å². The fraction of sp³-hybridized carbons (Fsp3) is 0.290. The largest absolute Gasteiger partial charge is 0.508 e. The molecule has 3 aromatic rings. The Kier molecular flexibility index (Phi) is 8.30. The maximum absolute atomic E-state index is 13.6. The normalized spacial score (nSPS) is 16.5. The Labute approximate surface area is 237 Å². The third-order valence-corrected chi connectivity index (χ3v) is 7.17. The van der Waals surface area contributed by atoms with Gasteiger partial charge in [0, 0.05) is 49.4 Å². The van der Waals surface area contributed by atoms with E-state index in [0.717, 1.165) is 17.5 Å². The fourth-order valence-electron chi connectivity index (χ4n) is 4.99. The number of hydrogen-bond acceptors (Lipinski definition) is 8. The van der Waals surface area contributed by atoms with Crippen LogP contribution in [0.5, 0.6) is 17.2 Å². The molecule has 2 amide bonds. The summed E-state index contributed by atoms with van der Waals surface area (Å²) in [5.41, 5.74) is 2.23. The molecular weight excluding hydrogens is 526 g/mol. The van der Waals surface area contributed by atoms with Gasteiger partial charge in [0.15, 0.2) is 19.0 Å². The Morgan fingerprint density at radius 2 is 1.34 bits per heavy atom. The van der Waals surface area contributed by atoms with E-state index >= 15 is 0 Å². The summed E-state index contributed by atoms with van der Waals surface area (Å²) in [5, 5.41) is 16.1. The van der Waals surface area contributed by atoms with E-state index in [1.54, 1.807) is 30.3 Å². The monoisotopic (exact) mass is 557 g/mol. The number of aromatic hydroxyl groups is 1. The molecule has 3 N–H and O–H groups in total. The van der Waals surface area contributed by atoms with Gasteiger partial charge in [-0.25, -0.2) is 0 Å². The van der Waals surface area contributed by atoms with Crippen molar-refractivity contribution in [2.75, 3.05) is 39.4 Å². The summed E-state index contributed by atoms with van der Waals surface area (Å²) in [4.78, 5) is 54.1. The molecule has 0 spiro atoms. The Morgan fingerprint density at radius 3 is 1.85 bits per heavy atom. The lowest BCUT2D eigenvalue weighted by Gasteiger charge is -2.24. The highest BCUT2D eigenvalue weighted by Crippen LogP contribution is 2.37. The van der Waals surface area contributed by atoms with Crippen molar-refractivity contribution in [2.24, 2.45) is 0 Å². The SMILES string of the molecule is CCc1ccc(CN2CCNC(=O)COc3cccc4c3C(=O)c3c(cccc3C4=O)OCC(=O)NCC2)c(O)c1. The molecule has 0 fully saturated rings. The second-order valence-electron chi connectivity index (χ2n) is 9.89. The molecule has 0 saturated heterocycles. The molecule has 0 atom stereocenters. The zero-order chi connectivity index (χ0) is 28.9. The van der Waals surface area contributed by atoms with Crippen molar-refractivity contribution in [1.82, 2.24) is 15.5 Å². The van der Waals surface area contributed by atoms with Gasteiger partial charge in [0.1, 0.15) is 17.2 Å². The van der Waals surface area contributed by atoms with Gasteiger partial charge in [-0.1, -0.05) is 43.3 Å². The molecule has 1 aliphatic heterocycles. The molecular formula is C31H31N3O7. The molecule has 3 aromatic carbocycles. The number of hydrogen-bond donors (Lipinski definition) is 3. The van der Waals surface area contributed by atoms with Crippen LogP contribution in [0, 0.1) is 0 Å². The lowest BCUT2D eigenvalue weighted by molar-refractivity contribution is -0.123. The maximum atomic E-state index is 13.6. The number of rotatable bonds is 3. The number of ether oxygens (including phenoxy) is 2. The number of phenolic OH excluding ortho intramolecular Hbond substituents is 1. The smallest absolute Gasteiger partial charge is 0.257 e. The maximum Gasteiger partial charge on any atom is 0.257 e. The Bertz CT molecular complexity index is 1440. The van der Waals surface area contributed by atoms with Crippen LogP contribution < -0.4 is 20.1 Å². The zero-order valence-electron chi connectivity index (χ0n) is 22.7. The Morgan fingerprint density at radius 1 is 0.780 bits per heavy atom. The van der Waals surface area contributed by atoms with E-state index in [9.17, 15) is 24.3 Å². The van der Waals surface area contributed by atoms with Gasteiger partial charge in [-0.3, -0.25) is 24.1 Å². The van der Waals surface area contributed by atoms with Crippen molar-refractivity contribution in [3.63, 3.8) is 0 Å². The number of benzene rings is 3. The molecule has 1 heterocycles. The first-order chi connectivity index (χ1) is 19.9. The van der Waals surface area contributed by atoms with Gasteiger partial charge < -0.3 is 25.2 Å². The highest BCUT2D eigenvalue weighted by molar-refractivity contribution is 6.30. The van der Waals surface area contributed by atoms with Crippen LogP contribution in [0.1, 0.15) is 49.9 Å². The van der Waals surface area contributed by atoms with Gasteiger partial charge in [-0.05, 0) is 30.2 Å². The summed E-state index contributed by atoms with van der Waals surface area (Å²) >= 11 is 0. The van der Waals surface area contributed by atoms with Gasteiger partial charge in [-0.2, -0.15) is 0 Å². The first-order valence-corrected chi connectivity index (χ1v) is 13.5. The number of amides is 2. The van der Waals surface area contributed by atoms with Crippen LogP contribution in [0.25, 0.3) is 0 Å². The second kappa shape index (κ2) is 12.2. The molecule has 0 aromatic heterocycles. The molecule has 0 radical (unpaired) electrons. The van der Waals surface area contributed by atoms with Gasteiger partial charge in [0.2, 0.25) is 5.78 Å². The van der Waals surface area contributed by atoms with Gasteiger partial charge >= 0.3 is 0 Å². The average Bonchev–Trinajstić information content (AvgIpc) is 2.97. The standard InChI is InChI=1S/C31H31N3O7/c1-2-19-9-10-20(23(35)15-19)16-34-13-11-32-26(36)17-40-24-7-3-5-21-28(24)31(39)29-22(30(21)38)6-4-8-25(29)41-18-27(37)33-12-14-34/h3-10,15,35H,2,11-14,16-18H2,1H3,(H,32,36)(H,33,37). The number of aryl methyl sites for hydroxylation is 1. The van der Waals surface area contributed by atoms with E-state index in [1.807, 2.05) is 24.0 Å². The highest BCUT2D eigenvalue weighted by Gasteiger charge is 2.35. The Hall–Kier alpha value is -4.70. The van der Waals surface area contributed by atoms with E-state index in [0.29, 0.717) is 19.6 Å². The topological polar surface area (TPSA) is 134 Å². The quantitative estimate of drug-likeness (QED) is 0.349. The van der Waals surface area contributed by atoms with E-state index in [-0.39, 0.29) is 71.6 Å². The molecule has 10 nitrogen and oxygen atoms in total. The van der Waals surface area contributed by atoms with E-state index in [4.69, 9.17) is 9.47 Å². The molecule has 5 rings (SSSR count). The van der Waals surface area contributed by atoms with E-state index < -0.39 is 17.6 Å². The third-order valence-electron chi connectivity index (χ3n) is 7.17. The minimum atomic E-state index is -0.478. The lowest BCUT2D eigenvalue weighted by atomic mass is 9.83. The predicted molar refractivity (Wildman–Crippen MR) is 150 cm³/mol. The Balaban J connectivity index is 1.39. The van der Waals surface area contributed by atoms with Crippen LogP contribution in [-0.4, -0.2) is 72.8 Å². The number of carbonyl (C=O) groups is 4. The summed E-state index contributed by atoms with van der Waals surface area (Å²) in [5.74, 6) is -1.22. The average molecular weight is 558 g/mol. The first-order valence-electron chi connectivity index (χ1n) is 13.5. The summed E-state index contributed by atoms with van der Waals surface area (Å²) in [6.45, 7) is 3.18. The number of nitrogens with one attached hydrogen (secondary N) is 2. The molecule has 0 saturated carbocycles. The van der Waals surface area contributed by atoms with Crippen LogP contribution in [0.3, 0.4) is 0 Å². The van der Waals surface area contributed by atoms with Crippen LogP contribution in [-0.2, 0) is 22.6 Å². The molecule has 2 bridgehead atoms. The summed E-state index contributed by atoms with van der Waals surface area (Å²) in [6.07, 6.45) is 0.807. The van der Waals surface area contributed by atoms with Crippen LogP contribution in [0.15, 0.2) is 54.6 Å². The summed E-state index contributed by atoms with van der Waals surface area (Å²) < 4.78 is 11.5. The van der Waals surface area contributed by atoms with Crippen LogP contribution in [0.4, 0.5) is 0 Å². The number of carbonyl (C=O) groups excluding carboxylic acids is 4. The highest BCUT2D eigenvalue weighted by atomic mass is 16.5. The third kappa shape index (κ3) is 6.07. The predicted octanol–water partition coefficient (Wildman–Crippen LogP) is 2.24. The van der Waals surface area contributed by atoms with Crippen LogP contribution >= 0.6 is 0 Å². The minimum Gasteiger partial charge on any atom is -0.508 e. The van der Waals surface area contributed by atoms with E-state index in [1.165, 1.54) is 12.1 Å².